The summed E-state index contributed by atoms with van der Waals surface area (Å²) in [6, 6.07) is 19.8. The molecule has 0 aliphatic carbocycles. The van der Waals surface area contributed by atoms with E-state index in [9.17, 15) is 19.2 Å². The van der Waals surface area contributed by atoms with E-state index in [2.05, 4.69) is 19.2 Å². The van der Waals surface area contributed by atoms with Crippen LogP contribution >= 0.6 is 23.2 Å². The molecule has 0 spiro atoms. The number of unbranched alkanes of at least 4 members (excludes halogenated alkanes) is 4. The van der Waals surface area contributed by atoms with Crippen molar-refractivity contribution in [1.29, 1.82) is 0 Å². The van der Waals surface area contributed by atoms with Crippen molar-refractivity contribution >= 4 is 58.5 Å². The molecule has 0 saturated carbocycles. The molecule has 3 aromatic carbocycles. The number of hydrogen-bond donors (Lipinski definition) is 2. The van der Waals surface area contributed by atoms with Crippen LogP contribution in [0.15, 0.2) is 72.8 Å². The fourth-order valence-corrected chi connectivity index (χ4v) is 7.24. The largest absolute Gasteiger partial charge is 0.496 e. The Morgan fingerprint density at radius 3 is 2.07 bits per heavy atom. The third kappa shape index (κ3) is 12.8. The highest BCUT2D eigenvalue weighted by Gasteiger charge is 2.40. The number of rotatable bonds is 19. The number of carbonyl (C=O) groups excluding carboxylic acids is 4. The molecule has 298 valence electrons. The smallest absolute Gasteiger partial charge is 0.329 e. The van der Waals surface area contributed by atoms with Crippen LogP contribution in [-0.4, -0.2) is 109 Å². The summed E-state index contributed by atoms with van der Waals surface area (Å²) in [6.07, 6.45) is 5.87. The molecule has 14 heteroatoms. The van der Waals surface area contributed by atoms with Gasteiger partial charge in [-0.25, -0.2) is 9.59 Å². The lowest BCUT2D eigenvalue weighted by Gasteiger charge is -2.43. The maximum Gasteiger partial charge on any atom is 0.329 e. The summed E-state index contributed by atoms with van der Waals surface area (Å²) < 4.78 is 5.50. The minimum atomic E-state index is -1.03. The van der Waals surface area contributed by atoms with Crippen molar-refractivity contribution in [3.63, 3.8) is 0 Å². The highest BCUT2D eigenvalue weighted by molar-refractivity contribution is 6.35. The van der Waals surface area contributed by atoms with Gasteiger partial charge in [0.25, 0.3) is 0 Å². The monoisotopic (exact) mass is 795 g/mol. The number of methoxy groups -OCH3 is 1. The Bertz CT molecular complexity index is 1690. The topological polar surface area (TPSA) is 132 Å². The van der Waals surface area contributed by atoms with Crippen LogP contribution in [-0.2, 0) is 16.1 Å². The Morgan fingerprint density at radius 2 is 1.45 bits per heavy atom. The van der Waals surface area contributed by atoms with Crippen molar-refractivity contribution in [2.75, 3.05) is 64.4 Å². The number of nitrogens with zero attached hydrogens (tertiary/aromatic N) is 5. The number of benzene rings is 3. The zero-order valence-corrected chi connectivity index (χ0v) is 33.7. The van der Waals surface area contributed by atoms with Crippen LogP contribution in [0.1, 0.15) is 57.9 Å². The molecular weight excluding hydrogens is 741 g/mol. The first-order chi connectivity index (χ1) is 26.6. The molecule has 0 radical (unpaired) electrons. The Labute approximate surface area is 335 Å². The number of hydrogen-bond acceptors (Lipinski definition) is 6. The number of carbonyl (C=O) groups is 4. The molecule has 0 unspecified atom stereocenters. The van der Waals surface area contributed by atoms with Crippen LogP contribution < -0.4 is 20.7 Å². The van der Waals surface area contributed by atoms with Gasteiger partial charge in [-0.15, -0.1) is 0 Å². The van der Waals surface area contributed by atoms with Crippen LogP contribution in [0.2, 0.25) is 10.0 Å². The first-order valence-corrected chi connectivity index (χ1v) is 19.9. The molecule has 55 heavy (non-hydrogen) atoms. The summed E-state index contributed by atoms with van der Waals surface area (Å²) in [5.41, 5.74) is 7.45. The van der Waals surface area contributed by atoms with E-state index < -0.39 is 23.9 Å². The minimum absolute atomic E-state index is 0.000389. The summed E-state index contributed by atoms with van der Waals surface area (Å²) in [5, 5.41) is 3.69. The molecule has 1 atom stereocenters. The number of para-hydroxylation sites is 2. The van der Waals surface area contributed by atoms with Crippen molar-refractivity contribution < 1.29 is 23.9 Å². The summed E-state index contributed by atoms with van der Waals surface area (Å²) in [7, 11) is 1.58. The number of urea groups is 2. The van der Waals surface area contributed by atoms with Gasteiger partial charge >= 0.3 is 12.1 Å². The lowest BCUT2D eigenvalue weighted by Crippen LogP contribution is -2.64. The van der Waals surface area contributed by atoms with Gasteiger partial charge in [0.05, 0.1) is 31.6 Å². The Balaban J connectivity index is 1.62. The second-order valence-corrected chi connectivity index (χ2v) is 14.6. The van der Waals surface area contributed by atoms with Gasteiger partial charge in [0, 0.05) is 61.4 Å². The maximum atomic E-state index is 14.8. The Morgan fingerprint density at radius 1 is 0.818 bits per heavy atom. The molecule has 6 amide bonds. The predicted molar refractivity (Wildman–Crippen MR) is 219 cm³/mol. The van der Waals surface area contributed by atoms with Crippen LogP contribution in [0.5, 0.6) is 5.75 Å². The summed E-state index contributed by atoms with van der Waals surface area (Å²) >= 11 is 12.8. The van der Waals surface area contributed by atoms with Gasteiger partial charge in [0.2, 0.25) is 11.8 Å². The fourth-order valence-electron chi connectivity index (χ4n) is 6.73. The molecular formula is C41H55Cl2N7O5. The van der Waals surface area contributed by atoms with Gasteiger partial charge in [-0.3, -0.25) is 19.4 Å². The summed E-state index contributed by atoms with van der Waals surface area (Å²) in [5.74, 6) is -0.267. The van der Waals surface area contributed by atoms with Gasteiger partial charge < -0.3 is 30.5 Å². The van der Waals surface area contributed by atoms with Gasteiger partial charge in [-0.2, -0.15) is 0 Å². The number of nitrogens with one attached hydrogen (secondary N) is 1. The molecule has 1 saturated heterocycles. The van der Waals surface area contributed by atoms with Crippen molar-refractivity contribution in [2.45, 2.75) is 65.0 Å². The average Bonchev–Trinajstić information content (AvgIpc) is 3.17. The molecule has 1 aliphatic heterocycles. The van der Waals surface area contributed by atoms with Crippen molar-refractivity contribution in [3.8, 4) is 5.75 Å². The van der Waals surface area contributed by atoms with E-state index in [0.717, 1.165) is 44.1 Å². The lowest BCUT2D eigenvalue weighted by atomic mass is 10.1. The minimum Gasteiger partial charge on any atom is -0.496 e. The number of piperazine rings is 1. The van der Waals surface area contributed by atoms with Gasteiger partial charge in [-0.05, 0) is 49.2 Å². The number of ether oxygens (including phenoxy) is 1. The lowest BCUT2D eigenvalue weighted by molar-refractivity contribution is -0.127. The van der Waals surface area contributed by atoms with Gasteiger partial charge in [-0.1, -0.05) is 99.1 Å². The summed E-state index contributed by atoms with van der Waals surface area (Å²) in [4.78, 5) is 63.6. The molecule has 1 aliphatic rings. The quantitative estimate of drug-likeness (QED) is 0.124. The summed E-state index contributed by atoms with van der Waals surface area (Å²) in [6.45, 7) is 6.64. The maximum absolute atomic E-state index is 14.8. The molecule has 3 aromatic rings. The van der Waals surface area contributed by atoms with Crippen molar-refractivity contribution in [1.82, 2.24) is 24.9 Å². The zero-order chi connectivity index (χ0) is 39.7. The van der Waals surface area contributed by atoms with Crippen LogP contribution in [0, 0.1) is 0 Å². The van der Waals surface area contributed by atoms with E-state index in [1.54, 1.807) is 42.3 Å². The number of nitrogens with two attached hydrogens (primary N) is 1. The van der Waals surface area contributed by atoms with E-state index in [0.29, 0.717) is 46.8 Å². The van der Waals surface area contributed by atoms with Crippen molar-refractivity contribution in [2.24, 2.45) is 5.73 Å². The normalized spacial score (nSPS) is 14.1. The Hall–Kier alpha value is -4.52. The molecule has 1 fully saturated rings. The molecule has 4 rings (SSSR count). The second-order valence-electron chi connectivity index (χ2n) is 13.7. The predicted octanol–water partition coefficient (Wildman–Crippen LogP) is 7.15. The third-order valence-electron chi connectivity index (χ3n) is 9.54. The van der Waals surface area contributed by atoms with Crippen LogP contribution in [0.25, 0.3) is 0 Å². The zero-order valence-electron chi connectivity index (χ0n) is 32.2. The third-order valence-corrected chi connectivity index (χ3v) is 9.97. The van der Waals surface area contributed by atoms with E-state index in [1.165, 1.54) is 9.80 Å². The highest BCUT2D eigenvalue weighted by atomic mass is 35.5. The first-order valence-electron chi connectivity index (χ1n) is 19.1. The molecule has 3 N–H and O–H groups in total. The van der Waals surface area contributed by atoms with E-state index in [1.807, 2.05) is 52.3 Å². The highest BCUT2D eigenvalue weighted by Crippen LogP contribution is 2.33. The molecule has 12 nitrogen and oxygen atoms in total. The standard InChI is InChI=1S/C41H55Cl2N7O5/c1-4-6-13-20-47(21-14-7-5-2)40(53)48-23-24-49(41(54)50(34-16-9-8-10-17-34)35-26-32(42)25-33(43)27-35)36(29-48)39(52)45-19-22-46(30-38(44)51)28-31-15-11-12-18-37(31)55-3/h8-12,15-18,25-27,36H,4-7,13-14,19-24,28-30H2,1-3H3,(H2,44,51)(H,45,52)/t36-/m0/s1. The Kier molecular flexibility index (Phi) is 17.4. The number of anilines is 2. The van der Waals surface area contributed by atoms with E-state index in [-0.39, 0.29) is 45.3 Å². The molecule has 0 aromatic heterocycles. The first kappa shape index (κ1) is 43.2. The fraction of sp³-hybridized carbons (Fsp3) is 0.463. The van der Waals surface area contributed by atoms with Crippen molar-refractivity contribution in [3.05, 3.63) is 88.4 Å². The second kappa shape index (κ2) is 22.1. The van der Waals surface area contributed by atoms with E-state index >= 15 is 0 Å². The molecule has 0 bridgehead atoms. The van der Waals surface area contributed by atoms with E-state index in [4.69, 9.17) is 33.7 Å². The SMILES string of the molecule is CCCCCN(CCCCC)C(=O)N1CCN(C(=O)N(c2ccccc2)c2cc(Cl)cc(Cl)c2)[C@H](C(=O)NCCN(CC(N)=O)Cc2ccccc2OC)C1. The number of halogens is 2. The van der Waals surface area contributed by atoms with Gasteiger partial charge in [0.15, 0.2) is 0 Å². The van der Waals surface area contributed by atoms with Gasteiger partial charge in [0.1, 0.15) is 11.8 Å². The van der Waals surface area contributed by atoms with Crippen LogP contribution in [0.4, 0.5) is 21.0 Å². The number of amides is 6. The molecule has 1 heterocycles. The van der Waals surface area contributed by atoms with Crippen LogP contribution in [0.3, 0.4) is 0 Å². The average molecular weight is 797 g/mol. The number of primary amides is 1.